The lowest BCUT2D eigenvalue weighted by atomic mass is 9.76. The summed E-state index contributed by atoms with van der Waals surface area (Å²) in [6.07, 6.45) is 4.23. The second-order valence-electron chi connectivity index (χ2n) is 4.89. The molecule has 1 unspecified atom stereocenters. The van der Waals surface area contributed by atoms with E-state index in [1.54, 1.807) is 6.92 Å². The fraction of sp³-hybridized carbons (Fsp3) is 0.818. The third-order valence-electron chi connectivity index (χ3n) is 3.43. The maximum absolute atomic E-state index is 11.7. The Morgan fingerprint density at radius 2 is 2.00 bits per heavy atom. The summed E-state index contributed by atoms with van der Waals surface area (Å²) in [6, 6.07) is -0.115. The number of hydrogen-bond acceptors (Lipinski definition) is 3. The molecule has 0 heterocycles. The Hall–Kier alpha value is -1.10. The zero-order valence-electron chi connectivity index (χ0n) is 9.45. The van der Waals surface area contributed by atoms with Gasteiger partial charge < -0.3 is 10.4 Å². The molecule has 0 spiro atoms. The van der Waals surface area contributed by atoms with Crippen molar-refractivity contribution in [3.05, 3.63) is 0 Å². The zero-order valence-corrected chi connectivity index (χ0v) is 9.45. The van der Waals surface area contributed by atoms with Gasteiger partial charge >= 0.3 is 5.97 Å². The molecule has 2 saturated carbocycles. The van der Waals surface area contributed by atoms with Gasteiger partial charge in [-0.15, -0.1) is 0 Å². The number of carboxylic acids is 1. The summed E-state index contributed by atoms with van der Waals surface area (Å²) < 4.78 is 0. The molecule has 5 heteroatoms. The Kier molecular flexibility index (Phi) is 2.88. The first-order chi connectivity index (χ1) is 7.53. The predicted octanol–water partition coefficient (Wildman–Crippen LogP) is 0.250. The van der Waals surface area contributed by atoms with Crippen LogP contribution in [0.15, 0.2) is 0 Å². The van der Waals surface area contributed by atoms with Gasteiger partial charge in [-0.3, -0.25) is 14.9 Å². The first-order valence-electron chi connectivity index (χ1n) is 5.85. The SMILES string of the molecule is CC(NC1(C(=O)O)CCC1)C(=O)NC1CC1. The smallest absolute Gasteiger partial charge is 0.323 e. The molecule has 16 heavy (non-hydrogen) atoms. The number of carboxylic acid groups (broad SMARTS) is 1. The van der Waals surface area contributed by atoms with E-state index < -0.39 is 17.6 Å². The number of nitrogens with one attached hydrogen (secondary N) is 2. The van der Waals surface area contributed by atoms with Crippen LogP contribution >= 0.6 is 0 Å². The third kappa shape index (κ3) is 2.19. The predicted molar refractivity (Wildman–Crippen MR) is 58.0 cm³/mol. The van der Waals surface area contributed by atoms with E-state index in [1.807, 2.05) is 0 Å². The first kappa shape index (κ1) is 11.4. The van der Waals surface area contributed by atoms with Crippen molar-refractivity contribution in [1.29, 1.82) is 0 Å². The molecule has 2 aliphatic carbocycles. The van der Waals surface area contributed by atoms with Crippen molar-refractivity contribution in [1.82, 2.24) is 10.6 Å². The summed E-state index contributed by atoms with van der Waals surface area (Å²) in [7, 11) is 0. The van der Waals surface area contributed by atoms with Crippen molar-refractivity contribution in [3.63, 3.8) is 0 Å². The number of amides is 1. The van der Waals surface area contributed by atoms with Gasteiger partial charge in [0.05, 0.1) is 6.04 Å². The fourth-order valence-corrected chi connectivity index (χ4v) is 1.98. The van der Waals surface area contributed by atoms with Crippen LogP contribution in [0.4, 0.5) is 0 Å². The molecule has 2 fully saturated rings. The molecule has 0 aromatic carbocycles. The van der Waals surface area contributed by atoms with Crippen LogP contribution in [-0.4, -0.2) is 34.6 Å². The molecule has 0 saturated heterocycles. The molecule has 0 bridgehead atoms. The van der Waals surface area contributed by atoms with Crippen molar-refractivity contribution in [2.24, 2.45) is 0 Å². The van der Waals surface area contributed by atoms with Gasteiger partial charge in [-0.2, -0.15) is 0 Å². The topological polar surface area (TPSA) is 78.4 Å². The molecule has 0 radical (unpaired) electrons. The van der Waals surface area contributed by atoms with Crippen molar-refractivity contribution < 1.29 is 14.7 Å². The van der Waals surface area contributed by atoms with Gasteiger partial charge in [0.1, 0.15) is 5.54 Å². The second kappa shape index (κ2) is 4.05. The van der Waals surface area contributed by atoms with Crippen molar-refractivity contribution in [2.75, 3.05) is 0 Å². The quantitative estimate of drug-likeness (QED) is 0.628. The van der Waals surface area contributed by atoms with Crippen LogP contribution in [0, 0.1) is 0 Å². The van der Waals surface area contributed by atoms with E-state index in [9.17, 15) is 9.59 Å². The molecule has 2 aliphatic rings. The van der Waals surface area contributed by atoms with E-state index in [0.717, 1.165) is 19.3 Å². The Balaban J connectivity index is 1.86. The van der Waals surface area contributed by atoms with Crippen LogP contribution < -0.4 is 10.6 Å². The van der Waals surface area contributed by atoms with Crippen molar-refractivity contribution in [3.8, 4) is 0 Å². The molecular weight excluding hydrogens is 208 g/mol. The van der Waals surface area contributed by atoms with Crippen molar-refractivity contribution in [2.45, 2.75) is 56.7 Å². The maximum atomic E-state index is 11.7. The van der Waals surface area contributed by atoms with Crippen LogP contribution in [0.5, 0.6) is 0 Å². The largest absolute Gasteiger partial charge is 0.480 e. The minimum absolute atomic E-state index is 0.0879. The lowest BCUT2D eigenvalue weighted by molar-refractivity contribution is -0.149. The molecular formula is C11H18N2O3. The molecule has 1 atom stereocenters. The summed E-state index contributed by atoms with van der Waals surface area (Å²) in [4.78, 5) is 22.8. The minimum atomic E-state index is -0.861. The number of rotatable bonds is 5. The molecule has 1 amide bonds. The Morgan fingerprint density at radius 1 is 1.38 bits per heavy atom. The van der Waals surface area contributed by atoms with E-state index in [0.29, 0.717) is 18.9 Å². The average molecular weight is 226 g/mol. The van der Waals surface area contributed by atoms with Gasteiger partial charge in [-0.25, -0.2) is 0 Å². The van der Waals surface area contributed by atoms with E-state index in [2.05, 4.69) is 10.6 Å². The number of aliphatic carboxylic acids is 1. The zero-order chi connectivity index (χ0) is 11.8. The third-order valence-corrected chi connectivity index (χ3v) is 3.43. The highest BCUT2D eigenvalue weighted by atomic mass is 16.4. The van der Waals surface area contributed by atoms with Crippen LogP contribution in [0.1, 0.15) is 39.0 Å². The van der Waals surface area contributed by atoms with Gasteiger partial charge in [0.2, 0.25) is 5.91 Å². The van der Waals surface area contributed by atoms with E-state index in [-0.39, 0.29) is 5.91 Å². The lowest BCUT2D eigenvalue weighted by Gasteiger charge is -2.40. The summed E-state index contributed by atoms with van der Waals surface area (Å²) in [6.45, 7) is 1.72. The molecule has 0 aliphatic heterocycles. The van der Waals surface area contributed by atoms with Crippen molar-refractivity contribution >= 4 is 11.9 Å². The monoisotopic (exact) mass is 226 g/mol. The minimum Gasteiger partial charge on any atom is -0.480 e. The molecule has 90 valence electrons. The fourth-order valence-electron chi connectivity index (χ4n) is 1.98. The highest BCUT2D eigenvalue weighted by Gasteiger charge is 2.46. The average Bonchev–Trinajstić information content (AvgIpc) is 2.93. The normalized spacial score (nSPS) is 24.3. The highest BCUT2D eigenvalue weighted by molar-refractivity contribution is 5.85. The Morgan fingerprint density at radius 3 is 2.38 bits per heavy atom. The Labute approximate surface area is 94.6 Å². The number of carbonyl (C=O) groups is 2. The maximum Gasteiger partial charge on any atom is 0.323 e. The molecule has 2 rings (SSSR count). The van der Waals surface area contributed by atoms with E-state index in [4.69, 9.17) is 5.11 Å². The first-order valence-corrected chi connectivity index (χ1v) is 5.85. The summed E-state index contributed by atoms with van der Waals surface area (Å²) >= 11 is 0. The van der Waals surface area contributed by atoms with Crippen LogP contribution in [0.2, 0.25) is 0 Å². The van der Waals surface area contributed by atoms with Gasteiger partial charge in [0.15, 0.2) is 0 Å². The van der Waals surface area contributed by atoms with E-state index in [1.165, 1.54) is 0 Å². The van der Waals surface area contributed by atoms with Crippen LogP contribution in [-0.2, 0) is 9.59 Å². The Bertz CT molecular complexity index is 308. The van der Waals surface area contributed by atoms with Crippen LogP contribution in [0.3, 0.4) is 0 Å². The molecule has 0 aromatic rings. The highest BCUT2D eigenvalue weighted by Crippen LogP contribution is 2.32. The second-order valence-corrected chi connectivity index (χ2v) is 4.89. The number of hydrogen-bond donors (Lipinski definition) is 3. The molecule has 5 nitrogen and oxygen atoms in total. The van der Waals surface area contributed by atoms with Gasteiger partial charge in [0.25, 0.3) is 0 Å². The molecule has 3 N–H and O–H groups in total. The van der Waals surface area contributed by atoms with Gasteiger partial charge in [-0.05, 0) is 39.0 Å². The van der Waals surface area contributed by atoms with E-state index >= 15 is 0 Å². The lowest BCUT2D eigenvalue weighted by Crippen LogP contribution is -2.62. The standard InChI is InChI=1S/C11H18N2O3/c1-7(9(14)12-8-3-4-8)13-11(10(15)16)5-2-6-11/h7-8,13H,2-6H2,1H3,(H,12,14)(H,15,16). The van der Waals surface area contributed by atoms with Crippen LogP contribution in [0.25, 0.3) is 0 Å². The van der Waals surface area contributed by atoms with Gasteiger partial charge in [0, 0.05) is 6.04 Å². The van der Waals surface area contributed by atoms with Gasteiger partial charge in [-0.1, -0.05) is 0 Å². The molecule has 0 aromatic heterocycles. The summed E-state index contributed by atoms with van der Waals surface area (Å²) in [5.74, 6) is -0.931. The summed E-state index contributed by atoms with van der Waals surface area (Å²) in [5, 5.41) is 14.9. The number of carbonyl (C=O) groups excluding carboxylic acids is 1. The summed E-state index contributed by atoms with van der Waals surface area (Å²) in [5.41, 5.74) is -0.861.